The highest BCUT2D eigenvalue weighted by Crippen LogP contribution is 2.46. The zero-order valence-electron chi connectivity index (χ0n) is 20.2. The van der Waals surface area contributed by atoms with Gasteiger partial charge in [0.2, 0.25) is 5.88 Å². The maximum Gasteiger partial charge on any atom is 0.337 e. The average molecular weight is 565 g/mol. The number of hydrogen-bond acceptors (Lipinski definition) is 6. The lowest BCUT2D eigenvalue weighted by Gasteiger charge is -2.12. The van der Waals surface area contributed by atoms with Crippen LogP contribution in [0.5, 0.6) is 17.4 Å². The van der Waals surface area contributed by atoms with E-state index >= 15 is 0 Å². The van der Waals surface area contributed by atoms with E-state index in [1.807, 2.05) is 0 Å². The molecule has 1 N–H and O–H groups in total. The number of ether oxygens (including phenoxy) is 2. The number of fused-ring (bicyclic) bond motifs is 1. The van der Waals surface area contributed by atoms with E-state index in [9.17, 15) is 9.18 Å². The van der Waals surface area contributed by atoms with Gasteiger partial charge in [0.1, 0.15) is 23.8 Å². The van der Waals surface area contributed by atoms with Gasteiger partial charge in [0.05, 0.1) is 21.2 Å². The summed E-state index contributed by atoms with van der Waals surface area (Å²) in [6.07, 6.45) is 3.17. The minimum Gasteiger partial charge on any atom is -0.489 e. The summed E-state index contributed by atoms with van der Waals surface area (Å²) in [5, 5.41) is 15.4. The first-order chi connectivity index (χ1) is 18.9. The van der Waals surface area contributed by atoms with Crippen molar-refractivity contribution in [3.63, 3.8) is 0 Å². The van der Waals surface area contributed by atoms with Gasteiger partial charge in [0, 0.05) is 29.1 Å². The summed E-state index contributed by atoms with van der Waals surface area (Å²) in [6.45, 7) is 0.169. The monoisotopic (exact) mass is 564 g/mol. The molecule has 0 saturated heterocycles. The quantitative estimate of drug-likeness (QED) is 0.202. The molecule has 5 aromatic rings. The summed E-state index contributed by atoms with van der Waals surface area (Å²) >= 11 is 12.9. The normalized spacial score (nSPS) is 13.0. The molecule has 1 fully saturated rings. The number of aromatic carboxylic acids is 1. The molecule has 1 aliphatic carbocycles. The Morgan fingerprint density at radius 1 is 1.08 bits per heavy atom. The third-order valence-corrected chi connectivity index (χ3v) is 7.06. The topological polar surface area (TPSA) is 94.7 Å². The van der Waals surface area contributed by atoms with Crippen LogP contribution in [0.25, 0.3) is 22.0 Å². The van der Waals surface area contributed by atoms with Crippen molar-refractivity contribution < 1.29 is 28.3 Å². The molecule has 10 heteroatoms. The molecule has 1 saturated carbocycles. The summed E-state index contributed by atoms with van der Waals surface area (Å²) in [5.74, 6) is -0.0684. The van der Waals surface area contributed by atoms with E-state index in [1.54, 1.807) is 42.5 Å². The molecule has 0 spiro atoms. The van der Waals surface area contributed by atoms with Crippen LogP contribution in [0.1, 0.15) is 40.4 Å². The molecule has 7 nitrogen and oxygen atoms in total. The zero-order valence-corrected chi connectivity index (χ0v) is 21.7. The maximum absolute atomic E-state index is 14.7. The number of carbonyl (C=O) groups is 1. The summed E-state index contributed by atoms with van der Waals surface area (Å²) in [5.41, 5.74) is 1.93. The Morgan fingerprint density at radius 2 is 1.87 bits per heavy atom. The molecule has 1 aliphatic rings. The SMILES string of the molecule is O=C(O)c1ccc(Oc2c(F)ccc3cc(OCc4c(-c5c(Cl)cccc5Cl)noc4C4CC4)ccc23)nc1. The number of carboxylic acid groups (broad SMARTS) is 1. The van der Waals surface area contributed by atoms with Crippen LogP contribution >= 0.6 is 23.2 Å². The van der Waals surface area contributed by atoms with E-state index in [2.05, 4.69) is 10.1 Å². The molecule has 0 radical (unpaired) electrons. The van der Waals surface area contributed by atoms with Gasteiger partial charge < -0.3 is 19.1 Å². The third kappa shape index (κ3) is 5.01. The second-order valence-corrected chi connectivity index (χ2v) is 9.90. The van der Waals surface area contributed by atoms with Gasteiger partial charge >= 0.3 is 5.97 Å². The van der Waals surface area contributed by atoms with Gasteiger partial charge in [0.15, 0.2) is 11.6 Å². The van der Waals surface area contributed by atoms with Crippen molar-refractivity contribution >= 4 is 39.9 Å². The Bertz CT molecular complexity index is 1700. The standard InChI is InChI=1S/C29H19Cl2FN2O5/c30-21-2-1-3-22(31)25(21)26-20(27(39-34-26)15-4-5-15)14-37-18-8-9-19-16(12-18)6-10-23(32)28(19)38-24-11-7-17(13-33-24)29(35)36/h1-3,6-13,15H,4-5,14H2,(H,35,36). The van der Waals surface area contributed by atoms with Crippen molar-refractivity contribution in [1.29, 1.82) is 0 Å². The smallest absolute Gasteiger partial charge is 0.337 e. The van der Waals surface area contributed by atoms with Crippen molar-refractivity contribution in [2.45, 2.75) is 25.4 Å². The van der Waals surface area contributed by atoms with E-state index in [-0.39, 0.29) is 29.7 Å². The molecule has 39 heavy (non-hydrogen) atoms. The van der Waals surface area contributed by atoms with Gasteiger partial charge in [-0.1, -0.05) is 40.5 Å². The van der Waals surface area contributed by atoms with Crippen LogP contribution in [-0.2, 0) is 6.61 Å². The predicted molar refractivity (Wildman–Crippen MR) is 143 cm³/mol. The average Bonchev–Trinajstić information content (AvgIpc) is 3.69. The highest BCUT2D eigenvalue weighted by molar-refractivity contribution is 6.39. The maximum atomic E-state index is 14.7. The fraction of sp³-hybridized carbons (Fsp3) is 0.138. The van der Waals surface area contributed by atoms with Crippen LogP contribution in [0.4, 0.5) is 4.39 Å². The highest BCUT2D eigenvalue weighted by Gasteiger charge is 2.33. The van der Waals surface area contributed by atoms with Crippen molar-refractivity contribution in [3.8, 4) is 28.6 Å². The fourth-order valence-electron chi connectivity index (χ4n) is 4.32. The number of pyridine rings is 1. The molecule has 6 rings (SSSR count). The summed E-state index contributed by atoms with van der Waals surface area (Å²) in [7, 11) is 0. The number of hydrogen-bond donors (Lipinski definition) is 1. The van der Waals surface area contributed by atoms with Crippen molar-refractivity contribution in [2.75, 3.05) is 0 Å². The van der Waals surface area contributed by atoms with Gasteiger partial charge in [0.25, 0.3) is 0 Å². The molecule has 2 aromatic heterocycles. The second kappa shape index (κ2) is 10.2. The Balaban J connectivity index is 1.28. The van der Waals surface area contributed by atoms with E-state index in [0.29, 0.717) is 37.8 Å². The largest absolute Gasteiger partial charge is 0.489 e. The summed E-state index contributed by atoms with van der Waals surface area (Å²) in [6, 6.07) is 16.1. The Hall–Kier alpha value is -4.14. The minimum atomic E-state index is -1.12. The number of carboxylic acids is 1. The van der Waals surface area contributed by atoms with Crippen molar-refractivity contribution in [2.24, 2.45) is 0 Å². The lowest BCUT2D eigenvalue weighted by molar-refractivity contribution is 0.0696. The van der Waals surface area contributed by atoms with Crippen LogP contribution in [0.15, 0.2) is 71.4 Å². The molecule has 196 valence electrons. The van der Waals surface area contributed by atoms with Crippen LogP contribution in [0.2, 0.25) is 10.0 Å². The Labute approximate surface area is 231 Å². The van der Waals surface area contributed by atoms with E-state index in [4.69, 9.17) is 42.3 Å². The molecule has 3 aromatic carbocycles. The van der Waals surface area contributed by atoms with Crippen molar-refractivity contribution in [1.82, 2.24) is 10.1 Å². The van der Waals surface area contributed by atoms with Crippen molar-refractivity contribution in [3.05, 3.63) is 99.6 Å². The Kier molecular flexibility index (Phi) is 6.58. The molecule has 0 bridgehead atoms. The predicted octanol–water partition coefficient (Wildman–Crippen LogP) is 8.28. The lowest BCUT2D eigenvalue weighted by Crippen LogP contribution is -2.00. The molecular formula is C29H19Cl2FN2O5. The molecule has 2 heterocycles. The minimum absolute atomic E-state index is 0.000150. The van der Waals surface area contributed by atoms with Crippen LogP contribution in [0, 0.1) is 5.82 Å². The first kappa shape index (κ1) is 25.2. The van der Waals surface area contributed by atoms with Crippen LogP contribution < -0.4 is 9.47 Å². The van der Waals surface area contributed by atoms with Gasteiger partial charge in [-0.15, -0.1) is 0 Å². The van der Waals surface area contributed by atoms with E-state index < -0.39 is 11.8 Å². The highest BCUT2D eigenvalue weighted by atomic mass is 35.5. The summed E-state index contributed by atoms with van der Waals surface area (Å²) < 4.78 is 32.3. The first-order valence-electron chi connectivity index (χ1n) is 12.0. The van der Waals surface area contributed by atoms with Gasteiger partial charge in [-0.2, -0.15) is 0 Å². The van der Waals surface area contributed by atoms with E-state index in [0.717, 1.165) is 30.4 Å². The van der Waals surface area contributed by atoms with Crippen LogP contribution in [0.3, 0.4) is 0 Å². The number of aromatic nitrogens is 2. The number of benzene rings is 3. The number of halogens is 3. The first-order valence-corrected chi connectivity index (χ1v) is 12.8. The van der Waals surface area contributed by atoms with Gasteiger partial charge in [-0.05, 0) is 60.7 Å². The molecule has 0 amide bonds. The molecule has 0 unspecified atom stereocenters. The van der Waals surface area contributed by atoms with Gasteiger partial charge in [-0.25, -0.2) is 14.2 Å². The second-order valence-electron chi connectivity index (χ2n) is 9.09. The Morgan fingerprint density at radius 3 is 2.56 bits per heavy atom. The molecule has 0 aliphatic heterocycles. The van der Waals surface area contributed by atoms with Crippen LogP contribution in [-0.4, -0.2) is 21.2 Å². The molecule has 0 atom stereocenters. The van der Waals surface area contributed by atoms with E-state index in [1.165, 1.54) is 18.2 Å². The fourth-order valence-corrected chi connectivity index (χ4v) is 4.90. The number of nitrogens with zero attached hydrogens (tertiary/aromatic N) is 2. The molecular weight excluding hydrogens is 546 g/mol. The lowest BCUT2D eigenvalue weighted by atomic mass is 10.0. The third-order valence-electron chi connectivity index (χ3n) is 6.43. The number of rotatable bonds is 8. The van der Waals surface area contributed by atoms with Gasteiger partial charge in [-0.3, -0.25) is 0 Å². The zero-order chi connectivity index (χ0) is 27.1. The summed E-state index contributed by atoms with van der Waals surface area (Å²) in [4.78, 5) is 15.0.